The Bertz CT molecular complexity index is 798. The average Bonchev–Trinajstić information content (AvgIpc) is 3.38. The number of carbonyl (C=O) groups excluding carboxylic acids is 1. The molecule has 0 spiro atoms. The minimum Gasteiger partial charge on any atom is -0.464 e. The Morgan fingerprint density at radius 3 is 2.69 bits per heavy atom. The average molecular weight is 353 g/mol. The Kier molecular flexibility index (Phi) is 3.91. The van der Waals surface area contributed by atoms with Crippen molar-refractivity contribution < 1.29 is 9.21 Å². The van der Waals surface area contributed by atoms with E-state index in [0.717, 1.165) is 30.3 Å². The third kappa shape index (κ3) is 3.08. The van der Waals surface area contributed by atoms with Crippen molar-refractivity contribution >= 4 is 5.91 Å². The first-order chi connectivity index (χ1) is 12.7. The third-order valence-electron chi connectivity index (χ3n) is 6.26. The van der Waals surface area contributed by atoms with Gasteiger partial charge in [0, 0.05) is 18.2 Å². The summed E-state index contributed by atoms with van der Waals surface area (Å²) < 4.78 is 8.04. The molecule has 2 heterocycles. The number of carbonyl (C=O) groups is 1. The van der Waals surface area contributed by atoms with E-state index < -0.39 is 0 Å². The van der Waals surface area contributed by atoms with Gasteiger partial charge in [-0.2, -0.15) is 5.10 Å². The van der Waals surface area contributed by atoms with Gasteiger partial charge in [0.1, 0.15) is 17.2 Å². The minimum atomic E-state index is 0.0435. The number of hydrogen-bond donors (Lipinski definition) is 0. The van der Waals surface area contributed by atoms with Crippen LogP contribution < -0.4 is 0 Å². The first-order valence-electron chi connectivity index (χ1n) is 10.1. The quantitative estimate of drug-likeness (QED) is 0.767. The minimum absolute atomic E-state index is 0.0435. The van der Waals surface area contributed by atoms with Crippen molar-refractivity contribution in [1.29, 1.82) is 0 Å². The van der Waals surface area contributed by atoms with Crippen molar-refractivity contribution in [1.82, 2.24) is 14.7 Å². The summed E-state index contributed by atoms with van der Waals surface area (Å²) in [6.07, 6.45) is 10.3. The van der Waals surface area contributed by atoms with Crippen LogP contribution in [0.2, 0.25) is 0 Å². The Morgan fingerprint density at radius 1 is 1.23 bits per heavy atom. The molecule has 0 radical (unpaired) electrons. The molecule has 0 aromatic carbocycles. The summed E-state index contributed by atoms with van der Waals surface area (Å²) in [6, 6.07) is 6.83. The van der Waals surface area contributed by atoms with Crippen LogP contribution in [0.15, 0.2) is 28.8 Å². The maximum atomic E-state index is 13.1. The van der Waals surface area contributed by atoms with E-state index in [1.54, 1.807) is 0 Å². The van der Waals surface area contributed by atoms with E-state index in [0.29, 0.717) is 30.2 Å². The van der Waals surface area contributed by atoms with Crippen molar-refractivity contribution in [2.75, 3.05) is 0 Å². The van der Waals surface area contributed by atoms with Crippen LogP contribution in [0.25, 0.3) is 0 Å². The lowest BCUT2D eigenvalue weighted by Gasteiger charge is -2.20. The SMILES string of the molecule is CC1CC1c1ccc(CN(C(=O)c2ccn(C3CCCC3)n2)C2CC2)o1. The van der Waals surface area contributed by atoms with Crippen LogP contribution in [0.4, 0.5) is 0 Å². The van der Waals surface area contributed by atoms with Crippen LogP contribution in [0.3, 0.4) is 0 Å². The van der Waals surface area contributed by atoms with Gasteiger partial charge in [-0.25, -0.2) is 0 Å². The summed E-state index contributed by atoms with van der Waals surface area (Å²) in [5.74, 6) is 3.34. The smallest absolute Gasteiger partial charge is 0.275 e. The van der Waals surface area contributed by atoms with Gasteiger partial charge in [-0.05, 0) is 56.2 Å². The van der Waals surface area contributed by atoms with Crippen LogP contribution in [0.1, 0.15) is 85.8 Å². The molecule has 2 aromatic heterocycles. The van der Waals surface area contributed by atoms with Gasteiger partial charge in [0.15, 0.2) is 0 Å². The van der Waals surface area contributed by atoms with Gasteiger partial charge in [0.2, 0.25) is 0 Å². The molecule has 3 saturated carbocycles. The lowest BCUT2D eigenvalue weighted by molar-refractivity contribution is 0.0709. The lowest BCUT2D eigenvalue weighted by Crippen LogP contribution is -2.33. The van der Waals surface area contributed by atoms with Gasteiger partial charge in [0.25, 0.3) is 5.91 Å². The summed E-state index contributed by atoms with van der Waals surface area (Å²) in [7, 11) is 0. The molecule has 0 saturated heterocycles. The van der Waals surface area contributed by atoms with E-state index in [1.807, 2.05) is 27.9 Å². The van der Waals surface area contributed by atoms with Crippen LogP contribution >= 0.6 is 0 Å². The highest BCUT2D eigenvalue weighted by Crippen LogP contribution is 2.47. The zero-order valence-corrected chi connectivity index (χ0v) is 15.4. The maximum absolute atomic E-state index is 13.1. The molecule has 3 aliphatic rings. The van der Waals surface area contributed by atoms with Gasteiger partial charge < -0.3 is 9.32 Å². The fraction of sp³-hybridized carbons (Fsp3) is 0.619. The summed E-state index contributed by atoms with van der Waals surface area (Å²) in [6.45, 7) is 2.81. The molecule has 26 heavy (non-hydrogen) atoms. The van der Waals surface area contributed by atoms with E-state index >= 15 is 0 Å². The number of furan rings is 1. The molecule has 3 aliphatic carbocycles. The Hall–Kier alpha value is -2.04. The van der Waals surface area contributed by atoms with Gasteiger partial charge in [-0.3, -0.25) is 9.48 Å². The van der Waals surface area contributed by atoms with Crippen molar-refractivity contribution in [3.63, 3.8) is 0 Å². The lowest BCUT2D eigenvalue weighted by atomic mass is 10.2. The van der Waals surface area contributed by atoms with Gasteiger partial charge in [0.05, 0.1) is 12.6 Å². The maximum Gasteiger partial charge on any atom is 0.275 e. The van der Waals surface area contributed by atoms with Crippen LogP contribution in [0, 0.1) is 5.92 Å². The fourth-order valence-electron chi connectivity index (χ4n) is 4.29. The molecule has 1 amide bonds. The fourth-order valence-corrected chi connectivity index (χ4v) is 4.29. The molecule has 2 atom stereocenters. The predicted octanol–water partition coefficient (Wildman–Crippen LogP) is 4.52. The van der Waals surface area contributed by atoms with Crippen LogP contribution in [-0.2, 0) is 6.54 Å². The van der Waals surface area contributed by atoms with Gasteiger partial charge >= 0.3 is 0 Å². The normalized spacial score (nSPS) is 25.6. The van der Waals surface area contributed by atoms with Crippen molar-refractivity contribution in [3.8, 4) is 0 Å². The largest absolute Gasteiger partial charge is 0.464 e. The number of aromatic nitrogens is 2. The highest BCUT2D eigenvalue weighted by Gasteiger charge is 2.38. The molecule has 0 aliphatic heterocycles. The second kappa shape index (κ2) is 6.29. The van der Waals surface area contributed by atoms with E-state index in [-0.39, 0.29) is 5.91 Å². The van der Waals surface area contributed by atoms with Gasteiger partial charge in [-0.15, -0.1) is 0 Å². The van der Waals surface area contributed by atoms with E-state index in [1.165, 1.54) is 32.1 Å². The highest BCUT2D eigenvalue weighted by atomic mass is 16.3. The first-order valence-corrected chi connectivity index (χ1v) is 10.1. The number of amides is 1. The van der Waals surface area contributed by atoms with E-state index in [2.05, 4.69) is 18.1 Å². The summed E-state index contributed by atoms with van der Waals surface area (Å²) >= 11 is 0. The Morgan fingerprint density at radius 2 is 2.00 bits per heavy atom. The van der Waals surface area contributed by atoms with Crippen molar-refractivity contribution in [2.45, 2.75) is 76.4 Å². The molecule has 5 rings (SSSR count). The zero-order chi connectivity index (χ0) is 17.7. The molecular weight excluding hydrogens is 326 g/mol. The molecule has 138 valence electrons. The second-order valence-electron chi connectivity index (χ2n) is 8.41. The summed E-state index contributed by atoms with van der Waals surface area (Å²) in [4.78, 5) is 15.0. The Labute approximate surface area is 154 Å². The predicted molar refractivity (Wildman–Crippen MR) is 97.9 cm³/mol. The standard InChI is InChI=1S/C21H27N3O2/c1-14-12-18(14)20-9-8-17(26-20)13-23(15-6-7-15)21(25)19-10-11-24(22-19)16-4-2-3-5-16/h8-11,14-16,18H,2-7,12-13H2,1H3. The molecule has 5 heteroatoms. The number of rotatable bonds is 6. The highest BCUT2D eigenvalue weighted by molar-refractivity contribution is 5.92. The van der Waals surface area contributed by atoms with Crippen LogP contribution in [0.5, 0.6) is 0 Å². The van der Waals surface area contributed by atoms with Gasteiger partial charge in [-0.1, -0.05) is 19.8 Å². The second-order valence-corrected chi connectivity index (χ2v) is 8.41. The monoisotopic (exact) mass is 353 g/mol. The van der Waals surface area contributed by atoms with E-state index in [9.17, 15) is 4.79 Å². The summed E-state index contributed by atoms with van der Waals surface area (Å²) in [5, 5.41) is 4.61. The molecule has 0 N–H and O–H groups in total. The number of nitrogens with zero attached hydrogens (tertiary/aromatic N) is 3. The third-order valence-corrected chi connectivity index (χ3v) is 6.26. The summed E-state index contributed by atoms with van der Waals surface area (Å²) in [5.41, 5.74) is 0.575. The first kappa shape index (κ1) is 16.2. The van der Waals surface area contributed by atoms with E-state index in [4.69, 9.17) is 4.42 Å². The molecule has 5 nitrogen and oxygen atoms in total. The molecule has 2 unspecified atom stereocenters. The molecular formula is C21H27N3O2. The van der Waals surface area contributed by atoms with Crippen molar-refractivity contribution in [2.24, 2.45) is 5.92 Å². The topological polar surface area (TPSA) is 51.3 Å². The number of hydrogen-bond acceptors (Lipinski definition) is 3. The Balaban J connectivity index is 1.30. The van der Waals surface area contributed by atoms with Crippen LogP contribution in [-0.4, -0.2) is 26.6 Å². The molecule has 0 bridgehead atoms. The zero-order valence-electron chi connectivity index (χ0n) is 15.4. The molecule has 3 fully saturated rings. The molecule has 2 aromatic rings. The van der Waals surface area contributed by atoms with Crippen molar-refractivity contribution in [3.05, 3.63) is 41.6 Å².